The number of nitro benzene ring substituents is 1. The predicted octanol–water partition coefficient (Wildman–Crippen LogP) is 3.16. The number of aromatic carboxylic acids is 1. The van der Waals surface area contributed by atoms with Crippen LogP contribution in [0.2, 0.25) is 0 Å². The molecule has 0 aliphatic carbocycles. The van der Waals surface area contributed by atoms with E-state index in [0.717, 1.165) is 0 Å². The number of nitro groups is 1. The highest BCUT2D eigenvalue weighted by Crippen LogP contribution is 2.22. The molecule has 0 atom stereocenters. The molecule has 7 heteroatoms. The van der Waals surface area contributed by atoms with E-state index in [9.17, 15) is 19.7 Å². The molecule has 0 fully saturated rings. The summed E-state index contributed by atoms with van der Waals surface area (Å²) in [5.74, 6) is -1.64. The summed E-state index contributed by atoms with van der Waals surface area (Å²) in [6.07, 6.45) is 0. The molecule has 23 heavy (non-hydrogen) atoms. The highest BCUT2D eigenvalue weighted by atomic mass is 16.6. The lowest BCUT2D eigenvalue weighted by atomic mass is 10.1. The Labute approximate surface area is 131 Å². The molecule has 0 spiro atoms. The summed E-state index contributed by atoms with van der Waals surface area (Å²) in [7, 11) is 0. The molecule has 7 nitrogen and oxygen atoms in total. The van der Waals surface area contributed by atoms with E-state index in [1.54, 1.807) is 19.9 Å². The highest BCUT2D eigenvalue weighted by Gasteiger charge is 2.17. The van der Waals surface area contributed by atoms with Crippen molar-refractivity contribution in [1.29, 1.82) is 0 Å². The van der Waals surface area contributed by atoms with Crippen LogP contribution in [0.4, 0.5) is 11.4 Å². The van der Waals surface area contributed by atoms with Gasteiger partial charge in [0.05, 0.1) is 10.5 Å². The van der Waals surface area contributed by atoms with Gasteiger partial charge in [0.25, 0.3) is 11.6 Å². The zero-order chi connectivity index (χ0) is 17.1. The summed E-state index contributed by atoms with van der Waals surface area (Å²) in [5.41, 5.74) is 1.28. The van der Waals surface area contributed by atoms with Crippen molar-refractivity contribution in [2.75, 3.05) is 5.32 Å². The van der Waals surface area contributed by atoms with Gasteiger partial charge in [-0.15, -0.1) is 0 Å². The van der Waals surface area contributed by atoms with Gasteiger partial charge in [0.1, 0.15) is 0 Å². The molecule has 2 aromatic carbocycles. The van der Waals surface area contributed by atoms with Gasteiger partial charge in [-0.05, 0) is 37.6 Å². The summed E-state index contributed by atoms with van der Waals surface area (Å²) >= 11 is 0. The second-order valence-electron chi connectivity index (χ2n) is 5.00. The fraction of sp³-hybridized carbons (Fsp3) is 0.125. The van der Waals surface area contributed by atoms with Gasteiger partial charge in [-0.2, -0.15) is 0 Å². The van der Waals surface area contributed by atoms with Crippen LogP contribution in [0.5, 0.6) is 0 Å². The number of rotatable bonds is 4. The number of carboxylic acids is 1. The Balaban J connectivity index is 2.33. The first-order valence-electron chi connectivity index (χ1n) is 6.70. The standard InChI is InChI=1S/C16H14N2O5/c1-9-6-7-11(8-14(9)18(22)23)15(19)17-13-5-3-4-12(10(13)2)16(20)21/h3-8H,1-2H3,(H,17,19)(H,20,21). The molecule has 0 heterocycles. The van der Waals surface area contributed by atoms with Gasteiger partial charge in [0, 0.05) is 22.9 Å². The van der Waals surface area contributed by atoms with Crippen LogP contribution < -0.4 is 5.32 Å². The molecule has 2 N–H and O–H groups in total. The third-order valence-corrected chi connectivity index (χ3v) is 3.48. The second-order valence-corrected chi connectivity index (χ2v) is 5.00. The number of carbonyl (C=O) groups excluding carboxylic acids is 1. The van der Waals surface area contributed by atoms with Crippen molar-refractivity contribution in [2.24, 2.45) is 0 Å². The van der Waals surface area contributed by atoms with E-state index in [1.165, 1.54) is 30.3 Å². The number of benzene rings is 2. The molecule has 0 aliphatic heterocycles. The van der Waals surface area contributed by atoms with E-state index in [2.05, 4.69) is 5.32 Å². The molecular weight excluding hydrogens is 300 g/mol. The molecule has 0 aliphatic rings. The maximum absolute atomic E-state index is 12.3. The first-order valence-corrected chi connectivity index (χ1v) is 6.70. The SMILES string of the molecule is Cc1ccc(C(=O)Nc2cccc(C(=O)O)c2C)cc1[N+](=O)[O-]. The Morgan fingerprint density at radius 3 is 2.48 bits per heavy atom. The first-order chi connectivity index (χ1) is 10.8. The van der Waals surface area contributed by atoms with Crippen molar-refractivity contribution in [2.45, 2.75) is 13.8 Å². The van der Waals surface area contributed by atoms with E-state index < -0.39 is 16.8 Å². The minimum atomic E-state index is -1.09. The average molecular weight is 314 g/mol. The molecular formula is C16H14N2O5. The molecule has 1 amide bonds. The van der Waals surface area contributed by atoms with E-state index >= 15 is 0 Å². The maximum Gasteiger partial charge on any atom is 0.336 e. The van der Waals surface area contributed by atoms with Crippen LogP contribution >= 0.6 is 0 Å². The van der Waals surface area contributed by atoms with Gasteiger partial charge in [0.15, 0.2) is 0 Å². The van der Waals surface area contributed by atoms with Crippen molar-refractivity contribution >= 4 is 23.3 Å². The minimum absolute atomic E-state index is 0.0812. The fourth-order valence-electron chi connectivity index (χ4n) is 2.14. The molecule has 0 bridgehead atoms. The lowest BCUT2D eigenvalue weighted by molar-refractivity contribution is -0.385. The molecule has 2 rings (SSSR count). The molecule has 118 valence electrons. The first kappa shape index (κ1) is 16.2. The van der Waals surface area contributed by atoms with Gasteiger partial charge >= 0.3 is 5.97 Å². The van der Waals surface area contributed by atoms with Crippen molar-refractivity contribution in [3.05, 3.63) is 68.8 Å². The van der Waals surface area contributed by atoms with E-state index in [4.69, 9.17) is 5.11 Å². The Kier molecular flexibility index (Phi) is 4.40. The van der Waals surface area contributed by atoms with Crippen LogP contribution in [-0.2, 0) is 0 Å². The quantitative estimate of drug-likeness (QED) is 0.665. The van der Waals surface area contributed by atoms with Crippen molar-refractivity contribution in [1.82, 2.24) is 0 Å². The number of aryl methyl sites for hydroxylation is 1. The van der Waals surface area contributed by atoms with Crippen molar-refractivity contribution in [3.8, 4) is 0 Å². The third kappa shape index (κ3) is 3.34. The largest absolute Gasteiger partial charge is 0.478 e. The maximum atomic E-state index is 12.3. The van der Waals surface area contributed by atoms with E-state index in [0.29, 0.717) is 16.8 Å². The van der Waals surface area contributed by atoms with Crippen LogP contribution in [0.3, 0.4) is 0 Å². The summed E-state index contributed by atoms with van der Waals surface area (Å²) in [6.45, 7) is 3.16. The van der Waals surface area contributed by atoms with Gasteiger partial charge < -0.3 is 10.4 Å². The Morgan fingerprint density at radius 2 is 1.87 bits per heavy atom. The van der Waals surface area contributed by atoms with Crippen LogP contribution in [-0.4, -0.2) is 21.9 Å². The Hall–Kier alpha value is -3.22. The zero-order valence-corrected chi connectivity index (χ0v) is 12.5. The van der Waals surface area contributed by atoms with Gasteiger partial charge in [-0.25, -0.2) is 4.79 Å². The highest BCUT2D eigenvalue weighted by molar-refractivity contribution is 6.06. The zero-order valence-electron chi connectivity index (χ0n) is 12.5. The molecule has 0 radical (unpaired) electrons. The van der Waals surface area contributed by atoms with Gasteiger partial charge in [0.2, 0.25) is 0 Å². The second kappa shape index (κ2) is 6.27. The number of carbonyl (C=O) groups is 2. The molecule has 2 aromatic rings. The summed E-state index contributed by atoms with van der Waals surface area (Å²) in [5, 5.41) is 22.6. The van der Waals surface area contributed by atoms with Crippen LogP contribution in [0.1, 0.15) is 31.8 Å². The molecule has 0 unspecified atom stereocenters. The average Bonchev–Trinajstić information content (AvgIpc) is 2.49. The Bertz CT molecular complexity index is 814. The monoisotopic (exact) mass is 314 g/mol. The van der Waals surface area contributed by atoms with E-state index in [1.807, 2.05) is 0 Å². The third-order valence-electron chi connectivity index (χ3n) is 3.48. The topological polar surface area (TPSA) is 110 Å². The predicted molar refractivity (Wildman–Crippen MR) is 83.9 cm³/mol. The number of hydrogen-bond acceptors (Lipinski definition) is 4. The summed E-state index contributed by atoms with van der Waals surface area (Å²) in [6, 6.07) is 8.69. The molecule has 0 aromatic heterocycles. The van der Waals surface area contributed by atoms with Crippen LogP contribution in [0.15, 0.2) is 36.4 Å². The van der Waals surface area contributed by atoms with Crippen molar-refractivity contribution in [3.63, 3.8) is 0 Å². The smallest absolute Gasteiger partial charge is 0.336 e. The lowest BCUT2D eigenvalue weighted by Crippen LogP contribution is -2.14. The normalized spacial score (nSPS) is 10.2. The van der Waals surface area contributed by atoms with Gasteiger partial charge in [-0.3, -0.25) is 14.9 Å². The number of amides is 1. The molecule has 0 saturated carbocycles. The minimum Gasteiger partial charge on any atom is -0.478 e. The summed E-state index contributed by atoms with van der Waals surface area (Å²) < 4.78 is 0. The number of hydrogen-bond donors (Lipinski definition) is 2. The van der Waals surface area contributed by atoms with E-state index in [-0.39, 0.29) is 16.8 Å². The summed E-state index contributed by atoms with van der Waals surface area (Å²) in [4.78, 5) is 33.7. The molecule has 0 saturated heterocycles. The number of anilines is 1. The Morgan fingerprint density at radius 1 is 1.17 bits per heavy atom. The number of nitrogens with one attached hydrogen (secondary N) is 1. The number of carboxylic acid groups (broad SMARTS) is 1. The lowest BCUT2D eigenvalue weighted by Gasteiger charge is -2.10. The van der Waals surface area contributed by atoms with Crippen molar-refractivity contribution < 1.29 is 19.6 Å². The van der Waals surface area contributed by atoms with Crippen LogP contribution in [0, 0.1) is 24.0 Å². The number of nitrogens with zero attached hydrogens (tertiary/aromatic N) is 1. The fourth-order valence-corrected chi connectivity index (χ4v) is 2.14. The van der Waals surface area contributed by atoms with Crippen LogP contribution in [0.25, 0.3) is 0 Å². The van der Waals surface area contributed by atoms with Gasteiger partial charge in [-0.1, -0.05) is 12.1 Å².